The number of benzene rings is 3. The summed E-state index contributed by atoms with van der Waals surface area (Å²) in [5.74, 6) is -2.85. The predicted molar refractivity (Wildman–Crippen MR) is 156 cm³/mol. The van der Waals surface area contributed by atoms with Crippen LogP contribution >= 0.6 is 23.2 Å². The minimum Gasteiger partial charge on any atom is -0.497 e. The molecule has 4 atom stereocenters. The topological polar surface area (TPSA) is 110 Å². The van der Waals surface area contributed by atoms with Gasteiger partial charge in [0.15, 0.2) is 5.78 Å². The Kier molecular flexibility index (Phi) is 7.70. The Balaban J connectivity index is 1.24. The minimum atomic E-state index is -0.732. The third-order valence-electron chi connectivity index (χ3n) is 8.53. The number of methoxy groups -OCH3 is 1. The SMILES string of the molecule is COc1cccc(C(=O)Oc2ccc(C(=O)CN(C(=O)c3ccc(Cl)c(Cl)c3)N3C(=O)[C@@H]4[C@H]5CC[C@@H](C5)[C@H]4C3=O)cc2)c1. The normalized spacial score (nSPS) is 22.0. The van der Waals surface area contributed by atoms with Crippen LogP contribution in [-0.2, 0) is 9.59 Å². The molecule has 1 aliphatic heterocycles. The fraction of sp³-hybridized carbons (Fsp3) is 0.281. The lowest BCUT2D eigenvalue weighted by Crippen LogP contribution is -2.52. The maximum atomic E-state index is 13.8. The third kappa shape index (κ3) is 5.28. The first-order valence-corrected chi connectivity index (χ1v) is 14.6. The molecule has 1 saturated heterocycles. The van der Waals surface area contributed by atoms with Crippen molar-refractivity contribution in [3.8, 4) is 11.5 Å². The van der Waals surface area contributed by atoms with Crippen LogP contribution in [0.25, 0.3) is 0 Å². The molecule has 2 aliphatic carbocycles. The number of imide groups is 1. The van der Waals surface area contributed by atoms with Gasteiger partial charge in [-0.25, -0.2) is 9.80 Å². The number of hydrogen-bond donors (Lipinski definition) is 0. The summed E-state index contributed by atoms with van der Waals surface area (Å²) in [6, 6.07) is 16.5. The van der Waals surface area contributed by atoms with Gasteiger partial charge >= 0.3 is 5.97 Å². The highest BCUT2D eigenvalue weighted by atomic mass is 35.5. The number of rotatable bonds is 8. The number of carbonyl (C=O) groups excluding carboxylic acids is 5. The van der Waals surface area contributed by atoms with E-state index in [-0.39, 0.29) is 44.3 Å². The summed E-state index contributed by atoms with van der Waals surface area (Å²) in [5, 5.41) is 2.13. The molecule has 11 heteroatoms. The van der Waals surface area contributed by atoms with Crippen molar-refractivity contribution in [2.75, 3.05) is 13.7 Å². The van der Waals surface area contributed by atoms with Crippen LogP contribution in [0.15, 0.2) is 66.7 Å². The Hall–Kier alpha value is -4.21. The van der Waals surface area contributed by atoms with E-state index in [9.17, 15) is 24.0 Å². The van der Waals surface area contributed by atoms with Gasteiger partial charge in [-0.2, -0.15) is 5.01 Å². The number of halogens is 2. The van der Waals surface area contributed by atoms with Gasteiger partial charge in [-0.1, -0.05) is 29.3 Å². The van der Waals surface area contributed by atoms with E-state index in [2.05, 4.69) is 0 Å². The first-order chi connectivity index (χ1) is 20.7. The third-order valence-corrected chi connectivity index (χ3v) is 9.27. The number of ether oxygens (including phenoxy) is 2. The zero-order chi connectivity index (χ0) is 30.4. The van der Waals surface area contributed by atoms with Crippen molar-refractivity contribution < 1.29 is 33.4 Å². The van der Waals surface area contributed by atoms with Crippen LogP contribution in [-0.4, -0.2) is 53.1 Å². The maximum absolute atomic E-state index is 13.8. The standard InChI is InChI=1S/C32H26Cl2N2O7/c1-42-23-4-2-3-21(14-23)32(41)43-22-10-7-17(8-11-22)26(37)16-35(29(38)20-9-12-24(33)25(34)15-20)36-30(39)27-18-5-6-19(13-18)28(27)31(36)40/h2-4,7-12,14-15,18-19,27-28H,5-6,13,16H2,1H3/t18-,19-,27+,28+/m0/s1. The number of Topliss-reactive ketones (excluding diaryl/α,β-unsaturated/α-hetero) is 1. The van der Waals surface area contributed by atoms with Gasteiger partial charge in [-0.05, 0) is 91.8 Å². The van der Waals surface area contributed by atoms with Gasteiger partial charge in [0.25, 0.3) is 17.7 Å². The molecular formula is C32H26Cl2N2O7. The number of nitrogens with zero attached hydrogens (tertiary/aromatic N) is 2. The fourth-order valence-electron chi connectivity index (χ4n) is 6.49. The summed E-state index contributed by atoms with van der Waals surface area (Å²) >= 11 is 12.2. The first kappa shape index (κ1) is 28.9. The lowest BCUT2D eigenvalue weighted by Gasteiger charge is -2.31. The van der Waals surface area contributed by atoms with Crippen LogP contribution in [0.2, 0.25) is 10.0 Å². The molecule has 1 heterocycles. The molecule has 9 nitrogen and oxygen atoms in total. The molecule has 6 rings (SSSR count). The molecule has 43 heavy (non-hydrogen) atoms. The van der Waals surface area contributed by atoms with E-state index in [1.54, 1.807) is 24.3 Å². The highest BCUT2D eigenvalue weighted by molar-refractivity contribution is 6.42. The second kappa shape index (κ2) is 11.5. The number of carbonyl (C=O) groups is 5. The monoisotopic (exact) mass is 620 g/mol. The first-order valence-electron chi connectivity index (χ1n) is 13.8. The van der Waals surface area contributed by atoms with Gasteiger partial charge in [0, 0.05) is 11.1 Å². The molecule has 3 aliphatic rings. The van der Waals surface area contributed by atoms with Gasteiger partial charge in [0.05, 0.1) is 34.6 Å². The predicted octanol–water partition coefficient (Wildman–Crippen LogP) is 5.49. The quantitative estimate of drug-likeness (QED) is 0.142. The molecule has 3 amide bonds. The number of ketones is 1. The summed E-state index contributed by atoms with van der Waals surface area (Å²) in [5.41, 5.74) is 0.546. The van der Waals surface area contributed by atoms with Crippen LogP contribution in [0, 0.1) is 23.7 Å². The van der Waals surface area contributed by atoms with Crippen molar-refractivity contribution in [2.45, 2.75) is 19.3 Å². The van der Waals surface area contributed by atoms with Crippen molar-refractivity contribution in [3.63, 3.8) is 0 Å². The highest BCUT2D eigenvalue weighted by Gasteiger charge is 2.62. The lowest BCUT2D eigenvalue weighted by molar-refractivity contribution is -0.155. The van der Waals surface area contributed by atoms with E-state index < -0.39 is 47.9 Å². The Morgan fingerprint density at radius 3 is 2.09 bits per heavy atom. The number of amides is 3. The van der Waals surface area contributed by atoms with Crippen molar-refractivity contribution in [1.82, 2.24) is 10.0 Å². The Morgan fingerprint density at radius 2 is 1.47 bits per heavy atom. The van der Waals surface area contributed by atoms with Gasteiger partial charge < -0.3 is 9.47 Å². The molecule has 0 N–H and O–H groups in total. The second-order valence-electron chi connectivity index (χ2n) is 10.9. The lowest BCUT2D eigenvalue weighted by atomic mass is 9.81. The number of esters is 1. The summed E-state index contributed by atoms with van der Waals surface area (Å²) in [6.45, 7) is -0.575. The molecule has 0 unspecified atom stereocenters. The summed E-state index contributed by atoms with van der Waals surface area (Å²) in [6.07, 6.45) is 2.56. The smallest absolute Gasteiger partial charge is 0.343 e. The Labute approximate surface area is 257 Å². The summed E-state index contributed by atoms with van der Waals surface area (Å²) in [4.78, 5) is 67.0. The molecular weight excluding hydrogens is 595 g/mol. The average molecular weight is 621 g/mol. The molecule has 0 spiro atoms. The highest BCUT2D eigenvalue weighted by Crippen LogP contribution is 2.56. The largest absolute Gasteiger partial charge is 0.497 e. The summed E-state index contributed by atoms with van der Waals surface area (Å²) < 4.78 is 10.6. The molecule has 3 aromatic carbocycles. The van der Waals surface area contributed by atoms with Crippen LogP contribution < -0.4 is 9.47 Å². The van der Waals surface area contributed by atoms with Crippen LogP contribution in [0.4, 0.5) is 0 Å². The van der Waals surface area contributed by atoms with Crippen molar-refractivity contribution >= 4 is 52.7 Å². The zero-order valence-corrected chi connectivity index (χ0v) is 24.5. The number of hydrogen-bond acceptors (Lipinski definition) is 7. The minimum absolute atomic E-state index is 0.0719. The van der Waals surface area contributed by atoms with Crippen LogP contribution in [0.3, 0.4) is 0 Å². The Bertz CT molecular complexity index is 1630. The van der Waals surface area contributed by atoms with Crippen molar-refractivity contribution in [3.05, 3.63) is 93.5 Å². The average Bonchev–Trinajstić information content (AvgIpc) is 3.71. The van der Waals surface area contributed by atoms with Crippen molar-refractivity contribution in [2.24, 2.45) is 23.7 Å². The molecule has 0 radical (unpaired) electrons. The van der Waals surface area contributed by atoms with E-state index >= 15 is 0 Å². The maximum Gasteiger partial charge on any atom is 0.343 e. The zero-order valence-electron chi connectivity index (χ0n) is 23.0. The molecule has 2 saturated carbocycles. The number of fused-ring (bicyclic) bond motifs is 5. The van der Waals surface area contributed by atoms with E-state index in [4.69, 9.17) is 32.7 Å². The Morgan fingerprint density at radius 1 is 0.814 bits per heavy atom. The van der Waals surface area contributed by atoms with Crippen molar-refractivity contribution in [1.29, 1.82) is 0 Å². The van der Waals surface area contributed by atoms with Gasteiger partial charge in [0.1, 0.15) is 18.0 Å². The second-order valence-corrected chi connectivity index (χ2v) is 11.7. The van der Waals surface area contributed by atoms with Crippen LogP contribution in [0.1, 0.15) is 50.3 Å². The van der Waals surface area contributed by atoms with E-state index in [0.29, 0.717) is 5.75 Å². The van der Waals surface area contributed by atoms with Gasteiger partial charge in [-0.3, -0.25) is 19.2 Å². The van der Waals surface area contributed by atoms with Gasteiger partial charge in [-0.15, -0.1) is 0 Å². The van der Waals surface area contributed by atoms with E-state index in [1.807, 2.05) is 0 Å². The molecule has 2 bridgehead atoms. The molecule has 220 valence electrons. The fourth-order valence-corrected chi connectivity index (χ4v) is 6.79. The molecule has 0 aromatic heterocycles. The number of hydrazine groups is 1. The van der Waals surface area contributed by atoms with E-state index in [0.717, 1.165) is 29.3 Å². The molecule has 3 aromatic rings. The van der Waals surface area contributed by atoms with Crippen LogP contribution in [0.5, 0.6) is 11.5 Å². The molecule has 3 fully saturated rings. The van der Waals surface area contributed by atoms with E-state index in [1.165, 1.54) is 49.6 Å². The van der Waals surface area contributed by atoms with Gasteiger partial charge in [0.2, 0.25) is 0 Å². The summed E-state index contributed by atoms with van der Waals surface area (Å²) in [7, 11) is 1.49.